The topological polar surface area (TPSA) is 73.0 Å². The largest absolute Gasteiger partial charge is 0.337 e. The van der Waals surface area contributed by atoms with E-state index in [0.29, 0.717) is 12.6 Å². The highest BCUT2D eigenvalue weighted by molar-refractivity contribution is 5.37. The molecule has 8 heteroatoms. The van der Waals surface area contributed by atoms with Gasteiger partial charge in [0.25, 0.3) is 0 Å². The molecule has 112 valence electrons. The maximum atomic E-state index is 13.5. The number of nitrogens with zero attached hydrogens (tertiary/aromatic N) is 3. The van der Waals surface area contributed by atoms with Gasteiger partial charge in [-0.1, -0.05) is 0 Å². The van der Waals surface area contributed by atoms with Crippen molar-refractivity contribution in [3.63, 3.8) is 0 Å². The predicted molar refractivity (Wildman–Crippen MR) is 71.6 cm³/mol. The number of hydrogen-bond donors (Lipinski definition) is 1. The average molecular weight is 296 g/mol. The lowest BCUT2D eigenvalue weighted by atomic mass is 10.1. The third-order valence-corrected chi connectivity index (χ3v) is 2.96. The van der Waals surface area contributed by atoms with E-state index in [-0.39, 0.29) is 12.1 Å². The fourth-order valence-corrected chi connectivity index (χ4v) is 1.88. The van der Waals surface area contributed by atoms with Crippen LogP contribution >= 0.6 is 0 Å². The number of aromatic nitrogens is 2. The Morgan fingerprint density at radius 3 is 2.81 bits per heavy atom. The van der Waals surface area contributed by atoms with E-state index in [1.165, 1.54) is 0 Å². The molecule has 0 saturated heterocycles. The summed E-state index contributed by atoms with van der Waals surface area (Å²) in [5.41, 5.74) is -0.641. The zero-order valence-electron chi connectivity index (χ0n) is 11.1. The number of nitro benzene ring substituents is 1. The SMILES string of the molecule is O=[N+]([O-])c1cc(CNCCCn2ccnc2)c(F)cc1F. The van der Waals surface area contributed by atoms with E-state index in [2.05, 4.69) is 10.3 Å². The van der Waals surface area contributed by atoms with E-state index >= 15 is 0 Å². The van der Waals surface area contributed by atoms with Crippen molar-refractivity contribution in [3.05, 3.63) is 58.2 Å². The number of aryl methyl sites for hydroxylation is 1. The van der Waals surface area contributed by atoms with Gasteiger partial charge in [-0.05, 0) is 13.0 Å². The molecular weight excluding hydrogens is 282 g/mol. The molecule has 0 unspecified atom stereocenters. The smallest absolute Gasteiger partial charge is 0.305 e. The molecule has 2 aromatic rings. The lowest BCUT2D eigenvalue weighted by molar-refractivity contribution is -0.387. The van der Waals surface area contributed by atoms with Crippen LogP contribution in [0.1, 0.15) is 12.0 Å². The summed E-state index contributed by atoms with van der Waals surface area (Å²) in [7, 11) is 0. The first kappa shape index (κ1) is 15.0. The quantitative estimate of drug-likeness (QED) is 0.483. The van der Waals surface area contributed by atoms with Crippen molar-refractivity contribution < 1.29 is 13.7 Å². The van der Waals surface area contributed by atoms with Gasteiger partial charge < -0.3 is 9.88 Å². The minimum atomic E-state index is -1.17. The minimum absolute atomic E-state index is 0.0748. The van der Waals surface area contributed by atoms with Crippen LogP contribution in [0.5, 0.6) is 0 Å². The van der Waals surface area contributed by atoms with Gasteiger partial charge >= 0.3 is 5.69 Å². The molecule has 0 bridgehead atoms. The zero-order valence-corrected chi connectivity index (χ0v) is 11.1. The normalized spacial score (nSPS) is 10.8. The predicted octanol–water partition coefficient (Wildman–Crippen LogP) is 2.25. The second-order valence-corrected chi connectivity index (χ2v) is 4.48. The Labute approximate surface area is 119 Å². The fraction of sp³-hybridized carbons (Fsp3) is 0.308. The summed E-state index contributed by atoms with van der Waals surface area (Å²) in [6.07, 6.45) is 6.01. The summed E-state index contributed by atoms with van der Waals surface area (Å²) in [4.78, 5) is 13.7. The van der Waals surface area contributed by atoms with Crippen LogP contribution in [-0.2, 0) is 13.1 Å². The summed E-state index contributed by atoms with van der Waals surface area (Å²) in [5.74, 6) is -1.96. The van der Waals surface area contributed by atoms with Gasteiger partial charge in [0.2, 0.25) is 5.82 Å². The van der Waals surface area contributed by atoms with Crippen LogP contribution < -0.4 is 5.32 Å². The molecule has 0 aliphatic heterocycles. The molecule has 2 rings (SSSR count). The van der Waals surface area contributed by atoms with Crippen LogP contribution in [0.25, 0.3) is 0 Å². The number of imidazole rings is 1. The van der Waals surface area contributed by atoms with Gasteiger partial charge in [-0.25, -0.2) is 9.37 Å². The van der Waals surface area contributed by atoms with Gasteiger partial charge in [0.15, 0.2) is 0 Å². The Morgan fingerprint density at radius 1 is 1.33 bits per heavy atom. The highest BCUT2D eigenvalue weighted by Gasteiger charge is 2.18. The van der Waals surface area contributed by atoms with Gasteiger partial charge in [-0.2, -0.15) is 4.39 Å². The van der Waals surface area contributed by atoms with Crippen LogP contribution in [0.15, 0.2) is 30.9 Å². The highest BCUT2D eigenvalue weighted by Crippen LogP contribution is 2.21. The Morgan fingerprint density at radius 2 is 2.14 bits per heavy atom. The Balaban J connectivity index is 1.85. The number of benzene rings is 1. The Hall–Kier alpha value is -2.35. The minimum Gasteiger partial charge on any atom is -0.337 e. The molecular formula is C13H14F2N4O2. The molecule has 1 aromatic carbocycles. The summed E-state index contributed by atoms with van der Waals surface area (Å²) in [5, 5.41) is 13.6. The molecule has 0 saturated carbocycles. The highest BCUT2D eigenvalue weighted by atomic mass is 19.1. The van der Waals surface area contributed by atoms with Crippen molar-refractivity contribution in [3.8, 4) is 0 Å². The van der Waals surface area contributed by atoms with E-state index in [1.54, 1.807) is 12.5 Å². The number of nitrogens with one attached hydrogen (secondary N) is 1. The van der Waals surface area contributed by atoms with E-state index in [1.807, 2.05) is 10.8 Å². The first-order valence-electron chi connectivity index (χ1n) is 6.36. The monoisotopic (exact) mass is 296 g/mol. The maximum Gasteiger partial charge on any atom is 0.305 e. The zero-order chi connectivity index (χ0) is 15.2. The molecule has 0 fully saturated rings. The van der Waals surface area contributed by atoms with Gasteiger partial charge in [0.1, 0.15) is 5.82 Å². The van der Waals surface area contributed by atoms with Crippen LogP contribution in [-0.4, -0.2) is 21.0 Å². The third-order valence-electron chi connectivity index (χ3n) is 2.96. The summed E-state index contributed by atoms with van der Waals surface area (Å²) in [6.45, 7) is 1.47. The summed E-state index contributed by atoms with van der Waals surface area (Å²) in [6, 6.07) is 1.47. The van der Waals surface area contributed by atoms with Crippen molar-refractivity contribution in [2.75, 3.05) is 6.54 Å². The molecule has 0 radical (unpaired) electrons. The first-order valence-corrected chi connectivity index (χ1v) is 6.36. The number of hydrogen-bond acceptors (Lipinski definition) is 4. The van der Waals surface area contributed by atoms with E-state index in [0.717, 1.165) is 19.0 Å². The molecule has 0 atom stereocenters. The fourth-order valence-electron chi connectivity index (χ4n) is 1.88. The molecule has 0 amide bonds. The molecule has 21 heavy (non-hydrogen) atoms. The van der Waals surface area contributed by atoms with Gasteiger partial charge in [-0.15, -0.1) is 0 Å². The number of nitro groups is 1. The molecule has 1 aromatic heterocycles. The van der Waals surface area contributed by atoms with Crippen molar-refractivity contribution in [2.45, 2.75) is 19.5 Å². The standard InChI is InChI=1S/C13H14F2N4O2/c14-11-7-12(15)13(19(20)21)6-10(11)8-16-2-1-4-18-5-3-17-9-18/h3,5-7,9,16H,1-2,4,8H2. The lowest BCUT2D eigenvalue weighted by Crippen LogP contribution is -2.17. The molecule has 6 nitrogen and oxygen atoms in total. The van der Waals surface area contributed by atoms with E-state index < -0.39 is 22.2 Å². The first-order chi connectivity index (χ1) is 10.1. The Bertz CT molecular complexity index is 617. The van der Waals surface area contributed by atoms with Crippen LogP contribution in [0, 0.1) is 21.7 Å². The average Bonchev–Trinajstić information content (AvgIpc) is 2.93. The van der Waals surface area contributed by atoms with Crippen molar-refractivity contribution in [2.24, 2.45) is 0 Å². The molecule has 1 heterocycles. The lowest BCUT2D eigenvalue weighted by Gasteiger charge is -2.07. The summed E-state index contributed by atoms with van der Waals surface area (Å²) < 4.78 is 28.6. The van der Waals surface area contributed by atoms with Crippen molar-refractivity contribution >= 4 is 5.69 Å². The second kappa shape index (κ2) is 6.89. The second-order valence-electron chi connectivity index (χ2n) is 4.48. The number of halogens is 2. The van der Waals surface area contributed by atoms with E-state index in [9.17, 15) is 18.9 Å². The Kier molecular flexibility index (Phi) is 4.94. The van der Waals surface area contributed by atoms with E-state index in [4.69, 9.17) is 0 Å². The van der Waals surface area contributed by atoms with Gasteiger partial charge in [0.05, 0.1) is 11.3 Å². The van der Waals surface area contributed by atoms with Crippen molar-refractivity contribution in [1.29, 1.82) is 0 Å². The van der Waals surface area contributed by atoms with Gasteiger partial charge in [0, 0.05) is 43.2 Å². The van der Waals surface area contributed by atoms with Crippen LogP contribution in [0.4, 0.5) is 14.5 Å². The number of rotatable bonds is 7. The van der Waals surface area contributed by atoms with Gasteiger partial charge in [-0.3, -0.25) is 10.1 Å². The van der Waals surface area contributed by atoms with Crippen LogP contribution in [0.3, 0.4) is 0 Å². The molecule has 0 spiro atoms. The van der Waals surface area contributed by atoms with Crippen LogP contribution in [0.2, 0.25) is 0 Å². The van der Waals surface area contributed by atoms with Crippen molar-refractivity contribution in [1.82, 2.24) is 14.9 Å². The molecule has 1 N–H and O–H groups in total. The summed E-state index contributed by atoms with van der Waals surface area (Å²) >= 11 is 0. The molecule has 0 aliphatic carbocycles. The molecule has 0 aliphatic rings. The third kappa shape index (κ3) is 4.06. The maximum absolute atomic E-state index is 13.5.